The fourth-order valence-electron chi connectivity index (χ4n) is 0. The van der Waals surface area contributed by atoms with Crippen molar-refractivity contribution in [3.05, 3.63) is 0 Å². The molecule has 0 spiro atoms. The second kappa shape index (κ2) is 4.27. The molecule has 0 amide bonds. The van der Waals surface area contributed by atoms with E-state index in [1.165, 1.54) is 0 Å². The minimum Gasteiger partial charge on any atom is -1.00 e. The van der Waals surface area contributed by atoms with E-state index >= 15 is 0 Å². The van der Waals surface area contributed by atoms with Gasteiger partial charge in [0.15, 0.2) is 0 Å². The van der Waals surface area contributed by atoms with Crippen LogP contribution in [0.5, 0.6) is 0 Å². The van der Waals surface area contributed by atoms with Gasteiger partial charge in [0.05, 0.1) is 0 Å². The first-order chi connectivity index (χ1) is 2.45. The Morgan fingerprint density at radius 3 is 0.667 bits per heavy atom. The van der Waals surface area contributed by atoms with Gasteiger partial charge in [-0.15, -0.1) is 0 Å². The summed E-state index contributed by atoms with van der Waals surface area (Å²) < 4.78 is 0. The van der Waals surface area contributed by atoms with E-state index in [1.54, 1.807) is 0 Å². The van der Waals surface area contributed by atoms with Crippen LogP contribution in [0.25, 0.3) is 0 Å². The summed E-state index contributed by atoms with van der Waals surface area (Å²) in [7, 11) is 30.4. The molecule has 0 nitrogen and oxygen atoms in total. The molecule has 0 unspecified atom stereocenters. The number of hydrogen-bond donors (Lipinski definition) is 0. The summed E-state index contributed by atoms with van der Waals surface area (Å²) in [6, 6.07) is 0. The molecule has 9 heteroatoms. The second-order valence-corrected chi connectivity index (χ2v) is 55.8. The molecule has 0 aliphatic heterocycles. The Hall–Kier alpha value is 4.38. The Kier molecular flexibility index (Phi) is 9.02. The largest absolute Gasteiger partial charge is 1.00 e. The number of rotatable bonds is 0. The molecule has 0 aliphatic carbocycles. The van der Waals surface area contributed by atoms with Gasteiger partial charge in [-0.2, -0.15) is 0 Å². The van der Waals surface area contributed by atoms with Crippen molar-refractivity contribution in [2.45, 2.75) is 0 Å². The topological polar surface area (TPSA) is 0 Å². The predicted octanol–water partition coefficient (Wildman–Crippen LogP) is -1.63. The zero-order valence-electron chi connectivity index (χ0n) is 6.62. The van der Waals surface area contributed by atoms with E-state index in [-0.39, 0.29) is 62.0 Å². The molecule has 0 saturated heterocycles. The third-order valence-corrected chi connectivity index (χ3v) is 0. The second-order valence-electron chi connectivity index (χ2n) is 0.758. The first kappa shape index (κ1) is 19.0. The van der Waals surface area contributed by atoms with E-state index < -0.39 is 6.64 Å². The Morgan fingerprint density at radius 1 is 0.667 bits per heavy atom. The van der Waals surface area contributed by atoms with Gasteiger partial charge in [0.1, 0.15) is 0 Å². The Balaban J connectivity index is -0.0000000300. The van der Waals surface area contributed by atoms with Crippen molar-refractivity contribution < 1.29 is 68.6 Å². The Bertz CT molecular complexity index is 77.1. The van der Waals surface area contributed by atoms with Gasteiger partial charge >= 0.3 is 124 Å². The minimum absolute atomic E-state index is 0. The Morgan fingerprint density at radius 2 is 0.667 bits per heavy atom. The van der Waals surface area contributed by atoms with E-state index in [4.69, 9.17) is 57.8 Å². The van der Waals surface area contributed by atoms with Crippen molar-refractivity contribution in [1.82, 2.24) is 0 Å². The van der Waals surface area contributed by atoms with Gasteiger partial charge in [-0.1, -0.05) is 0 Å². The van der Waals surface area contributed by atoms with Crippen LogP contribution in [0, 0.1) is 0 Å². The van der Waals surface area contributed by atoms with Gasteiger partial charge in [-0.25, -0.2) is 0 Å². The van der Waals surface area contributed by atoms with Crippen molar-refractivity contribution in [2.75, 3.05) is 0 Å². The molecule has 0 radical (unpaired) electrons. The van der Waals surface area contributed by atoms with E-state index in [2.05, 4.69) is 0 Å². The van der Waals surface area contributed by atoms with Crippen LogP contribution in [0.4, 0.5) is 0 Å². The third kappa shape index (κ3) is 69.6. The van der Waals surface area contributed by atoms with E-state index in [1.807, 2.05) is 0 Å². The molecule has 0 aromatic rings. The van der Waals surface area contributed by atoms with Crippen molar-refractivity contribution in [3.8, 4) is 0 Å². The van der Waals surface area contributed by atoms with Crippen LogP contribution in [-0.2, 0) is 6.64 Å². The summed E-state index contributed by atoms with van der Waals surface area (Å²) in [6.07, 6.45) is 0. The maximum atomic E-state index is 5.06. The predicted molar refractivity (Wildman–Crippen MR) is 37.3 cm³/mol. The van der Waals surface area contributed by atoms with Gasteiger partial charge < -0.3 is 2.85 Å². The SMILES string of the molecule is [Cl][Os]([Cl])([Cl])([Cl])([Cl])[Cl].[H-].[H-].[Na+].[Na+]. The Labute approximate surface area is 123 Å². The van der Waals surface area contributed by atoms with Crippen LogP contribution in [0.3, 0.4) is 0 Å². The normalized spacial score (nSPS) is 18.0. The fourth-order valence-corrected chi connectivity index (χ4v) is 0. The molecule has 0 N–H and O–H groups in total. The van der Waals surface area contributed by atoms with Crippen LogP contribution in [0.2, 0.25) is 0 Å². The minimum atomic E-state index is -5.38. The van der Waals surface area contributed by atoms with Crippen LogP contribution < -0.4 is 59.1 Å². The van der Waals surface area contributed by atoms with E-state index in [0.717, 1.165) is 0 Å². The molecule has 0 aliphatic rings. The van der Waals surface area contributed by atoms with Crippen LogP contribution in [0.1, 0.15) is 2.85 Å². The average molecular weight is 451 g/mol. The monoisotopic (exact) mass is 450 g/mol. The zero-order chi connectivity index (χ0) is 6.41. The van der Waals surface area contributed by atoms with Gasteiger partial charge in [0.25, 0.3) is 0 Å². The van der Waals surface area contributed by atoms with E-state index in [0.29, 0.717) is 0 Å². The zero-order valence-corrected chi connectivity index (χ0v) is 15.7. The summed E-state index contributed by atoms with van der Waals surface area (Å²) in [4.78, 5) is 0. The molecular weight excluding hydrogens is 449 g/mol. The molecular formula is H2Cl6Na2Os. The van der Waals surface area contributed by atoms with Crippen molar-refractivity contribution in [3.63, 3.8) is 0 Å². The smallest absolute Gasteiger partial charge is 1.00 e. The third-order valence-electron chi connectivity index (χ3n) is 0. The molecule has 9 heavy (non-hydrogen) atoms. The number of halogens is 6. The molecule has 0 fully saturated rings. The molecule has 0 heterocycles. The molecule has 54 valence electrons. The molecule has 0 bridgehead atoms. The van der Waals surface area contributed by atoms with Gasteiger partial charge in [0, 0.05) is 0 Å². The van der Waals surface area contributed by atoms with Crippen molar-refractivity contribution in [1.29, 1.82) is 0 Å². The summed E-state index contributed by atoms with van der Waals surface area (Å²) >= 11 is 0. The summed E-state index contributed by atoms with van der Waals surface area (Å²) in [5, 5.41) is 0. The maximum absolute atomic E-state index is 5.38. The molecule has 0 rings (SSSR count). The van der Waals surface area contributed by atoms with Crippen molar-refractivity contribution >= 4 is 57.8 Å². The standard InChI is InChI=1S/6ClH.2Na.Os.2H/h6*1H;;;;;/q;;;;;;2*+1;+6;2*-1/p-6. The quantitative estimate of drug-likeness (QED) is 0.389. The van der Waals surface area contributed by atoms with Crippen LogP contribution in [0.15, 0.2) is 0 Å². The maximum Gasteiger partial charge on any atom is 1.00 e. The molecule has 0 saturated carbocycles. The van der Waals surface area contributed by atoms with Gasteiger partial charge in [-0.05, 0) is 0 Å². The van der Waals surface area contributed by atoms with Crippen LogP contribution >= 0.6 is 57.8 Å². The first-order valence-electron chi connectivity index (χ1n) is 0.802. The van der Waals surface area contributed by atoms with Gasteiger partial charge in [-0.3, -0.25) is 0 Å². The fraction of sp³-hybridized carbons (Fsp3) is 0. The van der Waals surface area contributed by atoms with E-state index in [9.17, 15) is 0 Å². The first-order valence-corrected chi connectivity index (χ1v) is 19.7. The van der Waals surface area contributed by atoms with Crippen LogP contribution in [-0.4, -0.2) is 0 Å². The molecule has 0 atom stereocenters. The average Bonchev–Trinajstić information content (AvgIpc) is 0.592. The number of hydrogen-bond acceptors (Lipinski definition) is 0. The molecule has 0 aromatic heterocycles. The molecule has 0 aromatic carbocycles. The summed E-state index contributed by atoms with van der Waals surface area (Å²) in [5.41, 5.74) is 0. The van der Waals surface area contributed by atoms with Gasteiger partial charge in [0.2, 0.25) is 0 Å². The van der Waals surface area contributed by atoms with Crippen molar-refractivity contribution in [2.24, 2.45) is 0 Å². The summed E-state index contributed by atoms with van der Waals surface area (Å²) in [6.45, 7) is -5.38. The summed E-state index contributed by atoms with van der Waals surface area (Å²) in [5.74, 6) is 0.